The molecule has 0 aromatic heterocycles. The van der Waals surface area contributed by atoms with Crippen LogP contribution in [0.4, 0.5) is 0 Å². The summed E-state index contributed by atoms with van der Waals surface area (Å²) >= 11 is 0. The molecule has 1 saturated carbocycles. The molecule has 0 radical (unpaired) electrons. The maximum absolute atomic E-state index is 5.91. The summed E-state index contributed by atoms with van der Waals surface area (Å²) in [5, 5.41) is 4.80. The fraction of sp³-hybridized carbons (Fsp3) is 0.867. The predicted octanol–water partition coefficient (Wildman–Crippen LogP) is 2.79. The molecule has 3 rings (SSSR count). The van der Waals surface area contributed by atoms with E-state index < -0.39 is 0 Å². The smallest absolute Gasteiger partial charge is 0.112 e. The van der Waals surface area contributed by atoms with Gasteiger partial charge in [0, 0.05) is 19.6 Å². The van der Waals surface area contributed by atoms with E-state index in [0.717, 1.165) is 25.8 Å². The van der Waals surface area contributed by atoms with E-state index in [0.29, 0.717) is 0 Å². The normalized spacial score (nSPS) is 26.6. The fourth-order valence-corrected chi connectivity index (χ4v) is 3.11. The second-order valence-electron chi connectivity index (χ2n) is 6.02. The fourth-order valence-electron chi connectivity index (χ4n) is 3.11. The summed E-state index contributed by atoms with van der Waals surface area (Å²) in [6.07, 6.45) is 12.0. The molecule has 2 fully saturated rings. The first-order chi connectivity index (χ1) is 8.92. The van der Waals surface area contributed by atoms with E-state index in [4.69, 9.17) is 4.74 Å². The van der Waals surface area contributed by atoms with Gasteiger partial charge in [0.2, 0.25) is 0 Å². The van der Waals surface area contributed by atoms with E-state index in [1.54, 1.807) is 5.57 Å². The molecule has 102 valence electrons. The Kier molecular flexibility index (Phi) is 4.34. The Balaban J connectivity index is 1.30. The molecule has 0 spiro atoms. The Hall–Kier alpha value is -0.380. The Bertz CT molecular complexity index is 297. The van der Waals surface area contributed by atoms with E-state index in [2.05, 4.69) is 16.1 Å². The molecule has 0 aromatic carbocycles. The summed E-state index contributed by atoms with van der Waals surface area (Å²) in [7, 11) is 0. The third-order valence-electron chi connectivity index (χ3n) is 4.62. The van der Waals surface area contributed by atoms with Crippen molar-refractivity contribution in [2.45, 2.75) is 44.9 Å². The van der Waals surface area contributed by atoms with Crippen molar-refractivity contribution in [3.05, 3.63) is 11.6 Å². The molecule has 18 heavy (non-hydrogen) atoms. The number of rotatable bonds is 6. The molecule has 0 N–H and O–H groups in total. The minimum Gasteiger partial charge on any atom is -0.365 e. The molecule has 1 heterocycles. The maximum Gasteiger partial charge on any atom is 0.112 e. The Labute approximate surface area is 111 Å². The number of allylic oxidation sites excluding steroid dienone is 1. The van der Waals surface area contributed by atoms with E-state index >= 15 is 0 Å². The molecular formula is C15H26N2O. The zero-order valence-corrected chi connectivity index (χ0v) is 11.4. The highest BCUT2D eigenvalue weighted by molar-refractivity contribution is 5.14. The van der Waals surface area contributed by atoms with Crippen molar-refractivity contribution in [3.8, 4) is 0 Å². The lowest BCUT2D eigenvalue weighted by molar-refractivity contribution is -0.169. The van der Waals surface area contributed by atoms with Gasteiger partial charge >= 0.3 is 0 Å². The maximum atomic E-state index is 5.91. The van der Waals surface area contributed by atoms with E-state index in [1.807, 2.05) is 0 Å². The van der Waals surface area contributed by atoms with E-state index in [9.17, 15) is 0 Å². The van der Waals surface area contributed by atoms with Crippen LogP contribution in [0.2, 0.25) is 0 Å². The third kappa shape index (κ3) is 3.14. The molecule has 0 unspecified atom stereocenters. The van der Waals surface area contributed by atoms with Crippen LogP contribution in [0.3, 0.4) is 0 Å². The average molecular weight is 250 g/mol. The number of hydrogen-bond acceptors (Lipinski definition) is 3. The third-order valence-corrected chi connectivity index (χ3v) is 4.62. The molecule has 3 aliphatic rings. The van der Waals surface area contributed by atoms with Crippen LogP contribution in [0, 0.1) is 5.92 Å². The van der Waals surface area contributed by atoms with Crippen molar-refractivity contribution in [1.82, 2.24) is 10.0 Å². The van der Waals surface area contributed by atoms with Crippen molar-refractivity contribution >= 4 is 0 Å². The number of hydrazine groups is 1. The highest BCUT2D eigenvalue weighted by Crippen LogP contribution is 2.24. The van der Waals surface area contributed by atoms with Gasteiger partial charge in [-0.15, -0.1) is 0 Å². The summed E-state index contributed by atoms with van der Waals surface area (Å²) in [6.45, 7) is 5.33. The Morgan fingerprint density at radius 3 is 2.50 bits per heavy atom. The summed E-state index contributed by atoms with van der Waals surface area (Å²) in [5.74, 6) is 0.836. The number of ether oxygens (including phenoxy) is 1. The van der Waals surface area contributed by atoms with Gasteiger partial charge in [-0.1, -0.05) is 30.9 Å². The first-order valence-electron chi connectivity index (χ1n) is 7.67. The van der Waals surface area contributed by atoms with Gasteiger partial charge in [-0.05, 0) is 31.6 Å². The van der Waals surface area contributed by atoms with Crippen molar-refractivity contribution in [1.29, 1.82) is 0 Å². The molecular weight excluding hydrogens is 224 g/mol. The molecule has 3 nitrogen and oxygen atoms in total. The highest BCUT2D eigenvalue weighted by atomic mass is 16.5. The van der Waals surface area contributed by atoms with Gasteiger partial charge in [0.05, 0.1) is 6.61 Å². The van der Waals surface area contributed by atoms with E-state index in [1.165, 1.54) is 58.0 Å². The van der Waals surface area contributed by atoms with Crippen LogP contribution in [-0.2, 0) is 4.74 Å². The van der Waals surface area contributed by atoms with Crippen molar-refractivity contribution in [2.75, 3.05) is 33.0 Å². The van der Waals surface area contributed by atoms with Gasteiger partial charge in [0.1, 0.15) is 6.73 Å². The first-order valence-corrected chi connectivity index (χ1v) is 7.67. The van der Waals surface area contributed by atoms with Crippen molar-refractivity contribution in [2.24, 2.45) is 5.92 Å². The molecule has 0 aromatic rings. The summed E-state index contributed by atoms with van der Waals surface area (Å²) in [6, 6.07) is 0. The quantitative estimate of drug-likeness (QED) is 0.674. The molecule has 2 aliphatic carbocycles. The van der Waals surface area contributed by atoms with E-state index in [-0.39, 0.29) is 0 Å². The van der Waals surface area contributed by atoms with Crippen LogP contribution in [0.5, 0.6) is 0 Å². The van der Waals surface area contributed by atoms with Gasteiger partial charge in [-0.3, -0.25) is 0 Å². The van der Waals surface area contributed by atoms with Gasteiger partial charge in [0.15, 0.2) is 0 Å². The van der Waals surface area contributed by atoms with Crippen LogP contribution in [-0.4, -0.2) is 43.0 Å². The van der Waals surface area contributed by atoms with Gasteiger partial charge in [-0.2, -0.15) is 0 Å². The second kappa shape index (κ2) is 6.18. The summed E-state index contributed by atoms with van der Waals surface area (Å²) in [5.41, 5.74) is 1.62. The highest BCUT2D eigenvalue weighted by Gasteiger charge is 2.26. The minimum absolute atomic E-state index is 0.809. The van der Waals surface area contributed by atoms with Crippen LogP contribution >= 0.6 is 0 Å². The van der Waals surface area contributed by atoms with Crippen LogP contribution in [0.25, 0.3) is 0 Å². The van der Waals surface area contributed by atoms with Crippen molar-refractivity contribution in [3.63, 3.8) is 0 Å². The van der Waals surface area contributed by atoms with Crippen LogP contribution in [0.1, 0.15) is 44.9 Å². The first kappa shape index (κ1) is 12.6. The lowest BCUT2D eigenvalue weighted by Gasteiger charge is -2.45. The minimum atomic E-state index is 0.809. The zero-order chi connectivity index (χ0) is 12.2. The van der Waals surface area contributed by atoms with Crippen LogP contribution in [0.15, 0.2) is 11.6 Å². The van der Waals surface area contributed by atoms with Gasteiger partial charge in [-0.25, -0.2) is 10.0 Å². The Morgan fingerprint density at radius 1 is 1.11 bits per heavy atom. The predicted molar refractivity (Wildman–Crippen MR) is 73.0 cm³/mol. The standard InChI is InChI=1S/C15H26N2O/c1-2-5-15(6-3-1)12-18-13-17-10-9-16(17)11-14-7-4-8-14/h7,15H,1-6,8-13H2. The molecule has 0 bridgehead atoms. The van der Waals surface area contributed by atoms with Crippen molar-refractivity contribution < 1.29 is 4.74 Å². The molecule has 0 amide bonds. The Morgan fingerprint density at radius 2 is 1.89 bits per heavy atom. The monoisotopic (exact) mass is 250 g/mol. The number of hydrogen-bond donors (Lipinski definition) is 0. The summed E-state index contributed by atoms with van der Waals surface area (Å²) in [4.78, 5) is 0. The average Bonchev–Trinajstić information content (AvgIpc) is 2.33. The zero-order valence-electron chi connectivity index (χ0n) is 11.4. The van der Waals surface area contributed by atoms with Gasteiger partial charge < -0.3 is 4.74 Å². The largest absolute Gasteiger partial charge is 0.365 e. The topological polar surface area (TPSA) is 15.7 Å². The molecule has 3 heteroatoms. The lowest BCUT2D eigenvalue weighted by atomic mass is 9.90. The second-order valence-corrected chi connectivity index (χ2v) is 6.02. The summed E-state index contributed by atoms with van der Waals surface area (Å²) < 4.78 is 5.91. The molecule has 1 aliphatic heterocycles. The lowest BCUT2D eigenvalue weighted by Crippen LogP contribution is -2.58. The van der Waals surface area contributed by atoms with Gasteiger partial charge in [0.25, 0.3) is 0 Å². The molecule has 1 saturated heterocycles. The van der Waals surface area contributed by atoms with Crippen LogP contribution < -0.4 is 0 Å². The SMILES string of the molecule is C1=C(CN2CCN2COCC2CCCCC2)CC1. The molecule has 0 atom stereocenters. The number of nitrogens with zero attached hydrogens (tertiary/aromatic N) is 2.